The first-order valence-corrected chi connectivity index (χ1v) is 11.8. The monoisotopic (exact) mass is 429 g/mol. The van der Waals surface area contributed by atoms with Gasteiger partial charge < -0.3 is 15.1 Å². The fourth-order valence-corrected chi connectivity index (χ4v) is 4.84. The van der Waals surface area contributed by atoms with Crippen LogP contribution in [0.15, 0.2) is 29.3 Å². The first kappa shape index (κ1) is 22.1. The Labute approximate surface area is 185 Å². The fraction of sp³-hybridized carbons (Fsp3) is 0.667. The summed E-state index contributed by atoms with van der Waals surface area (Å²) in [6.45, 7) is 10.9. The Hall–Kier alpha value is -2.15. The van der Waals surface area contributed by atoms with E-state index in [2.05, 4.69) is 22.0 Å². The van der Waals surface area contributed by atoms with E-state index < -0.39 is 0 Å². The van der Waals surface area contributed by atoms with E-state index in [1.807, 2.05) is 17.9 Å². The van der Waals surface area contributed by atoms with Crippen LogP contribution in [0.1, 0.15) is 45.1 Å². The summed E-state index contributed by atoms with van der Waals surface area (Å²) in [5, 5.41) is 3.44. The lowest BCUT2D eigenvalue weighted by molar-refractivity contribution is -0.135. The lowest BCUT2D eigenvalue weighted by Gasteiger charge is -2.39. The molecule has 2 saturated heterocycles. The molecule has 1 aliphatic carbocycles. The molecule has 2 aliphatic heterocycles. The van der Waals surface area contributed by atoms with Crippen LogP contribution in [0.3, 0.4) is 0 Å². The van der Waals surface area contributed by atoms with E-state index in [0.29, 0.717) is 6.54 Å². The summed E-state index contributed by atoms with van der Waals surface area (Å²) in [6.07, 6.45) is 4.38. The minimum atomic E-state index is -0.173. The van der Waals surface area contributed by atoms with Crippen LogP contribution in [0.2, 0.25) is 0 Å². The molecular weight excluding hydrogens is 393 g/mol. The Bertz CT molecular complexity index is 795. The van der Waals surface area contributed by atoms with Crippen molar-refractivity contribution in [2.75, 3.05) is 52.4 Å². The third-order valence-corrected chi connectivity index (χ3v) is 7.09. The van der Waals surface area contributed by atoms with Gasteiger partial charge in [-0.05, 0) is 57.2 Å². The molecule has 1 unspecified atom stereocenters. The van der Waals surface area contributed by atoms with Gasteiger partial charge in [0.05, 0.1) is 12.6 Å². The average Bonchev–Trinajstić information content (AvgIpc) is 3.38. The number of carbonyl (C=O) groups excluding carboxylic acids is 1. The van der Waals surface area contributed by atoms with Crippen LogP contribution in [0, 0.1) is 5.82 Å². The normalized spacial score (nSPS) is 22.5. The molecule has 4 rings (SSSR count). The van der Waals surface area contributed by atoms with Gasteiger partial charge in [0.1, 0.15) is 5.82 Å². The van der Waals surface area contributed by atoms with Gasteiger partial charge >= 0.3 is 0 Å². The number of hydrogen-bond acceptors (Lipinski definition) is 3. The van der Waals surface area contributed by atoms with Crippen molar-refractivity contribution in [1.29, 1.82) is 0 Å². The third-order valence-electron chi connectivity index (χ3n) is 7.09. The SMILES string of the molecule is CCNC(=NCC1(c2cccc(F)c2)CC1)N1CCN(C(C)C(=O)N2CCCC2)CC1. The lowest BCUT2D eigenvalue weighted by Crippen LogP contribution is -2.57. The first-order chi connectivity index (χ1) is 15.0. The average molecular weight is 430 g/mol. The van der Waals surface area contributed by atoms with Crippen LogP contribution >= 0.6 is 0 Å². The zero-order valence-corrected chi connectivity index (χ0v) is 18.9. The van der Waals surface area contributed by atoms with Crippen LogP contribution in [0.4, 0.5) is 4.39 Å². The minimum absolute atomic E-state index is 0.0126. The Kier molecular flexibility index (Phi) is 6.80. The van der Waals surface area contributed by atoms with E-state index in [1.165, 1.54) is 6.07 Å². The van der Waals surface area contributed by atoms with Gasteiger partial charge in [0.25, 0.3) is 0 Å². The highest BCUT2D eigenvalue weighted by Crippen LogP contribution is 2.48. The number of guanidine groups is 1. The van der Waals surface area contributed by atoms with E-state index in [0.717, 1.165) is 83.0 Å². The topological polar surface area (TPSA) is 51.2 Å². The van der Waals surface area contributed by atoms with Crippen LogP contribution in [0.25, 0.3) is 0 Å². The molecule has 1 aromatic carbocycles. The molecule has 31 heavy (non-hydrogen) atoms. The maximum atomic E-state index is 13.7. The van der Waals surface area contributed by atoms with Crippen molar-refractivity contribution in [1.82, 2.24) is 20.0 Å². The van der Waals surface area contributed by atoms with Gasteiger partial charge in [0.2, 0.25) is 5.91 Å². The molecule has 0 radical (unpaired) electrons. The van der Waals surface area contributed by atoms with Crippen molar-refractivity contribution in [3.8, 4) is 0 Å². The molecule has 1 saturated carbocycles. The van der Waals surface area contributed by atoms with Crippen LogP contribution < -0.4 is 5.32 Å². The van der Waals surface area contributed by atoms with E-state index >= 15 is 0 Å². The Morgan fingerprint density at radius 2 is 1.84 bits per heavy atom. The highest BCUT2D eigenvalue weighted by molar-refractivity contribution is 5.82. The van der Waals surface area contributed by atoms with Crippen molar-refractivity contribution >= 4 is 11.9 Å². The molecule has 6 nitrogen and oxygen atoms in total. The number of nitrogens with zero attached hydrogens (tertiary/aromatic N) is 4. The Morgan fingerprint density at radius 3 is 2.45 bits per heavy atom. The second kappa shape index (κ2) is 9.55. The van der Waals surface area contributed by atoms with E-state index in [-0.39, 0.29) is 23.2 Å². The van der Waals surface area contributed by atoms with Crippen molar-refractivity contribution in [2.45, 2.75) is 51.0 Å². The largest absolute Gasteiger partial charge is 0.357 e. The minimum Gasteiger partial charge on any atom is -0.357 e. The summed E-state index contributed by atoms with van der Waals surface area (Å²) in [4.78, 5) is 24.3. The molecular formula is C24H36FN5O. The van der Waals surface area contributed by atoms with Crippen LogP contribution in [0.5, 0.6) is 0 Å². The number of halogens is 1. The number of carbonyl (C=O) groups is 1. The summed E-state index contributed by atoms with van der Waals surface area (Å²) in [7, 11) is 0. The molecule has 1 amide bonds. The highest BCUT2D eigenvalue weighted by atomic mass is 19.1. The van der Waals surface area contributed by atoms with Gasteiger partial charge in [-0.3, -0.25) is 14.7 Å². The molecule has 1 N–H and O–H groups in total. The van der Waals surface area contributed by atoms with E-state index in [4.69, 9.17) is 4.99 Å². The zero-order chi connectivity index (χ0) is 21.8. The van der Waals surface area contributed by atoms with E-state index in [1.54, 1.807) is 12.1 Å². The van der Waals surface area contributed by atoms with Crippen LogP contribution in [-0.4, -0.2) is 85.0 Å². The maximum Gasteiger partial charge on any atom is 0.239 e. The molecule has 0 bridgehead atoms. The van der Waals surface area contributed by atoms with Gasteiger partial charge in [-0.2, -0.15) is 0 Å². The number of amides is 1. The van der Waals surface area contributed by atoms with Gasteiger partial charge in [0, 0.05) is 51.2 Å². The predicted molar refractivity (Wildman–Crippen MR) is 122 cm³/mol. The lowest BCUT2D eigenvalue weighted by atomic mass is 9.96. The van der Waals surface area contributed by atoms with Crippen molar-refractivity contribution < 1.29 is 9.18 Å². The summed E-state index contributed by atoms with van der Waals surface area (Å²) in [5.74, 6) is 1.04. The van der Waals surface area contributed by atoms with Gasteiger partial charge in [-0.15, -0.1) is 0 Å². The molecule has 3 fully saturated rings. The van der Waals surface area contributed by atoms with Crippen molar-refractivity contribution in [3.63, 3.8) is 0 Å². The number of rotatable bonds is 6. The van der Waals surface area contributed by atoms with Gasteiger partial charge in [0.15, 0.2) is 5.96 Å². The number of likely N-dealkylation sites (tertiary alicyclic amines) is 1. The molecule has 2 heterocycles. The number of hydrogen-bond donors (Lipinski definition) is 1. The number of aliphatic imine (C=N–C) groups is 1. The van der Waals surface area contributed by atoms with E-state index in [9.17, 15) is 9.18 Å². The molecule has 3 aliphatic rings. The second-order valence-electron chi connectivity index (χ2n) is 9.19. The molecule has 1 aromatic rings. The maximum absolute atomic E-state index is 13.7. The fourth-order valence-electron chi connectivity index (χ4n) is 4.84. The quantitative estimate of drug-likeness (QED) is 0.558. The third kappa shape index (κ3) is 5.03. The second-order valence-corrected chi connectivity index (χ2v) is 9.19. The standard InChI is InChI=1S/C24H36FN5O/c1-3-26-23(27-18-24(9-10-24)20-7-6-8-21(25)17-20)30-15-13-28(14-16-30)19(2)22(31)29-11-4-5-12-29/h6-8,17,19H,3-5,9-16,18H2,1-2H3,(H,26,27). The molecule has 0 spiro atoms. The smallest absolute Gasteiger partial charge is 0.239 e. The number of piperazine rings is 1. The van der Waals surface area contributed by atoms with Gasteiger partial charge in [-0.1, -0.05) is 12.1 Å². The molecule has 7 heteroatoms. The van der Waals surface area contributed by atoms with Crippen molar-refractivity contribution in [3.05, 3.63) is 35.6 Å². The molecule has 1 atom stereocenters. The predicted octanol–water partition coefficient (Wildman–Crippen LogP) is 2.45. The number of benzene rings is 1. The summed E-state index contributed by atoms with van der Waals surface area (Å²) in [6, 6.07) is 6.93. The van der Waals surface area contributed by atoms with Crippen LogP contribution in [-0.2, 0) is 10.2 Å². The Balaban J connectivity index is 1.35. The highest BCUT2D eigenvalue weighted by Gasteiger charge is 2.44. The van der Waals surface area contributed by atoms with Gasteiger partial charge in [-0.25, -0.2) is 4.39 Å². The molecule has 170 valence electrons. The summed E-state index contributed by atoms with van der Waals surface area (Å²) < 4.78 is 13.7. The van der Waals surface area contributed by atoms with Crippen molar-refractivity contribution in [2.24, 2.45) is 4.99 Å². The number of nitrogens with one attached hydrogen (secondary N) is 1. The first-order valence-electron chi connectivity index (χ1n) is 11.8. The zero-order valence-electron chi connectivity index (χ0n) is 18.9. The summed E-state index contributed by atoms with van der Waals surface area (Å²) in [5.41, 5.74) is 1.05. The summed E-state index contributed by atoms with van der Waals surface area (Å²) >= 11 is 0. The Morgan fingerprint density at radius 1 is 1.13 bits per heavy atom. The molecule has 0 aromatic heterocycles.